The number of hydrogen-bond donors (Lipinski definition) is 2. The molecular weight excluding hydrogens is 152 g/mol. The minimum Gasteiger partial charge on any atom is -0.390 e. The molecule has 1 unspecified atom stereocenters. The third kappa shape index (κ3) is 1.32. The van der Waals surface area contributed by atoms with Crippen molar-refractivity contribution >= 4 is 0 Å². The largest absolute Gasteiger partial charge is 0.390 e. The number of rotatable bonds is 0. The molecule has 0 aromatic heterocycles. The molecule has 12 heavy (non-hydrogen) atoms. The minimum absolute atomic E-state index is 0.532. The van der Waals surface area contributed by atoms with Crippen LogP contribution >= 0.6 is 0 Å². The van der Waals surface area contributed by atoms with Gasteiger partial charge in [-0.3, -0.25) is 0 Å². The van der Waals surface area contributed by atoms with Crippen molar-refractivity contribution in [2.24, 2.45) is 0 Å². The molecule has 66 valence electrons. The average molecular weight is 166 g/mol. The van der Waals surface area contributed by atoms with Crippen LogP contribution in [0.1, 0.15) is 25.7 Å². The summed E-state index contributed by atoms with van der Waals surface area (Å²) in [7, 11) is 0. The van der Waals surface area contributed by atoms with Gasteiger partial charge in [-0.05, 0) is 25.7 Å². The van der Waals surface area contributed by atoms with Gasteiger partial charge in [0.05, 0.1) is 12.2 Å². The van der Waals surface area contributed by atoms with Crippen molar-refractivity contribution in [1.82, 2.24) is 0 Å². The molecule has 0 heterocycles. The van der Waals surface area contributed by atoms with Crippen molar-refractivity contribution in [2.45, 2.75) is 37.9 Å². The van der Waals surface area contributed by atoms with Gasteiger partial charge in [0.15, 0.2) is 0 Å². The van der Waals surface area contributed by atoms with E-state index in [2.05, 4.69) is 12.2 Å². The lowest BCUT2D eigenvalue weighted by molar-refractivity contribution is 0.0134. The van der Waals surface area contributed by atoms with Crippen LogP contribution in [0.2, 0.25) is 0 Å². The zero-order valence-corrected chi connectivity index (χ0v) is 7.03. The van der Waals surface area contributed by atoms with Gasteiger partial charge in [-0.1, -0.05) is 23.3 Å². The molecule has 0 fully saturated rings. The first-order chi connectivity index (χ1) is 5.77. The van der Waals surface area contributed by atoms with Crippen LogP contribution in [0.5, 0.6) is 0 Å². The van der Waals surface area contributed by atoms with Gasteiger partial charge in [0.1, 0.15) is 0 Å². The molecule has 2 aliphatic carbocycles. The van der Waals surface area contributed by atoms with E-state index in [0.29, 0.717) is 12.8 Å². The Morgan fingerprint density at radius 3 is 1.75 bits per heavy atom. The summed E-state index contributed by atoms with van der Waals surface area (Å²) < 4.78 is 0. The van der Waals surface area contributed by atoms with Crippen molar-refractivity contribution < 1.29 is 10.2 Å². The van der Waals surface area contributed by atoms with Gasteiger partial charge in [0, 0.05) is 0 Å². The average Bonchev–Trinajstić information content (AvgIpc) is 2.07. The van der Waals surface area contributed by atoms with Gasteiger partial charge >= 0.3 is 0 Å². The van der Waals surface area contributed by atoms with Crippen LogP contribution in [0.15, 0.2) is 23.3 Å². The van der Waals surface area contributed by atoms with Crippen LogP contribution in [-0.4, -0.2) is 22.4 Å². The highest BCUT2D eigenvalue weighted by Crippen LogP contribution is 2.32. The molecule has 0 saturated heterocycles. The summed E-state index contributed by atoms with van der Waals surface area (Å²) in [6.07, 6.45) is 6.50. The second-order valence-corrected chi connectivity index (χ2v) is 3.63. The molecule has 0 aromatic carbocycles. The lowest BCUT2D eigenvalue weighted by Crippen LogP contribution is -2.31. The molecule has 2 rings (SSSR count). The Hall–Kier alpha value is -0.600. The summed E-state index contributed by atoms with van der Waals surface area (Å²) in [6, 6.07) is 0. The van der Waals surface area contributed by atoms with E-state index in [1.807, 2.05) is 0 Å². The van der Waals surface area contributed by atoms with E-state index in [4.69, 9.17) is 0 Å². The molecule has 0 amide bonds. The van der Waals surface area contributed by atoms with Crippen molar-refractivity contribution in [3.8, 4) is 0 Å². The highest BCUT2D eigenvalue weighted by molar-refractivity contribution is 5.28. The van der Waals surface area contributed by atoms with Gasteiger partial charge in [0.2, 0.25) is 0 Å². The normalized spacial score (nSPS) is 35.2. The summed E-state index contributed by atoms with van der Waals surface area (Å²) >= 11 is 0. The topological polar surface area (TPSA) is 40.5 Å². The van der Waals surface area contributed by atoms with E-state index < -0.39 is 12.2 Å². The van der Waals surface area contributed by atoms with Crippen LogP contribution in [0, 0.1) is 0 Å². The van der Waals surface area contributed by atoms with Crippen molar-refractivity contribution in [3.05, 3.63) is 23.3 Å². The van der Waals surface area contributed by atoms with E-state index >= 15 is 0 Å². The monoisotopic (exact) mass is 166 g/mol. The highest BCUT2D eigenvalue weighted by atomic mass is 16.3. The molecule has 2 N–H and O–H groups in total. The molecule has 2 heteroatoms. The Morgan fingerprint density at radius 1 is 0.917 bits per heavy atom. The van der Waals surface area contributed by atoms with Crippen molar-refractivity contribution in [2.75, 3.05) is 0 Å². The van der Waals surface area contributed by atoms with Crippen LogP contribution in [0.3, 0.4) is 0 Å². The second-order valence-electron chi connectivity index (χ2n) is 3.63. The summed E-state index contributed by atoms with van der Waals surface area (Å²) in [5.74, 6) is 0. The predicted molar refractivity (Wildman–Crippen MR) is 46.6 cm³/mol. The molecule has 2 atom stereocenters. The Balaban J connectivity index is 2.16. The van der Waals surface area contributed by atoms with Crippen LogP contribution in [-0.2, 0) is 0 Å². The third-order valence-electron chi connectivity index (χ3n) is 2.75. The lowest BCUT2D eigenvalue weighted by atomic mass is 9.82. The third-order valence-corrected chi connectivity index (χ3v) is 2.75. The molecule has 0 bridgehead atoms. The second kappa shape index (κ2) is 3.04. The van der Waals surface area contributed by atoms with E-state index in [1.165, 1.54) is 11.1 Å². The first-order valence-corrected chi connectivity index (χ1v) is 4.48. The Morgan fingerprint density at radius 2 is 1.33 bits per heavy atom. The maximum absolute atomic E-state index is 9.41. The zero-order chi connectivity index (χ0) is 8.55. The summed E-state index contributed by atoms with van der Waals surface area (Å²) in [5.41, 5.74) is 2.69. The van der Waals surface area contributed by atoms with Crippen LogP contribution in [0.25, 0.3) is 0 Å². The van der Waals surface area contributed by atoms with E-state index in [1.54, 1.807) is 0 Å². The fraction of sp³-hybridized carbons (Fsp3) is 0.600. The number of aliphatic hydroxyl groups is 2. The molecule has 2 nitrogen and oxygen atoms in total. The standard InChI is InChI=1S/C10H14O2/c11-9-5-7-3-1-2-4-8(7)6-10(9)12/h1-2,9-12H,3-6H2/t9-,10?/m1/s1. The predicted octanol–water partition coefficient (Wildman–Crippen LogP) is 1.15. The summed E-state index contributed by atoms with van der Waals surface area (Å²) in [5, 5.41) is 18.8. The Kier molecular flexibility index (Phi) is 2.03. The lowest BCUT2D eigenvalue weighted by Gasteiger charge is -2.29. The van der Waals surface area contributed by atoms with Gasteiger partial charge in [-0.25, -0.2) is 0 Å². The molecular formula is C10H14O2. The number of aliphatic hydroxyl groups excluding tert-OH is 2. The maximum Gasteiger partial charge on any atom is 0.0839 e. The Bertz CT molecular complexity index is 216. The van der Waals surface area contributed by atoms with Gasteiger partial charge < -0.3 is 10.2 Å². The first kappa shape index (κ1) is 8.02. The maximum atomic E-state index is 9.41. The molecule has 0 aliphatic heterocycles. The quantitative estimate of drug-likeness (QED) is 0.530. The van der Waals surface area contributed by atoms with E-state index in [9.17, 15) is 10.2 Å². The fourth-order valence-electron chi connectivity index (χ4n) is 1.97. The van der Waals surface area contributed by atoms with Crippen LogP contribution < -0.4 is 0 Å². The molecule has 0 saturated carbocycles. The highest BCUT2D eigenvalue weighted by Gasteiger charge is 2.26. The van der Waals surface area contributed by atoms with Gasteiger partial charge in [-0.15, -0.1) is 0 Å². The van der Waals surface area contributed by atoms with E-state index in [-0.39, 0.29) is 0 Å². The molecule has 0 radical (unpaired) electrons. The summed E-state index contributed by atoms with van der Waals surface area (Å²) in [4.78, 5) is 0. The van der Waals surface area contributed by atoms with Gasteiger partial charge in [0.25, 0.3) is 0 Å². The molecule has 2 aliphatic rings. The zero-order valence-electron chi connectivity index (χ0n) is 7.03. The minimum atomic E-state index is -0.532. The van der Waals surface area contributed by atoms with Crippen LogP contribution in [0.4, 0.5) is 0 Å². The fourth-order valence-corrected chi connectivity index (χ4v) is 1.97. The molecule has 0 aromatic rings. The number of allylic oxidation sites excluding steroid dienone is 2. The molecule has 0 spiro atoms. The Labute approximate surface area is 72.2 Å². The SMILES string of the molecule is OC1CC2=C(CC=CC2)C[C@H]1O. The van der Waals surface area contributed by atoms with Gasteiger partial charge in [-0.2, -0.15) is 0 Å². The smallest absolute Gasteiger partial charge is 0.0839 e. The summed E-state index contributed by atoms with van der Waals surface area (Å²) in [6.45, 7) is 0. The van der Waals surface area contributed by atoms with Crippen molar-refractivity contribution in [3.63, 3.8) is 0 Å². The first-order valence-electron chi connectivity index (χ1n) is 4.48. The van der Waals surface area contributed by atoms with E-state index in [0.717, 1.165) is 12.8 Å². The number of hydrogen-bond acceptors (Lipinski definition) is 2. The van der Waals surface area contributed by atoms with Crippen molar-refractivity contribution in [1.29, 1.82) is 0 Å².